The average Bonchev–Trinajstić information content (AvgIpc) is 3.55. The zero-order valence-corrected chi connectivity index (χ0v) is 35.9. The Kier molecular flexibility index (Phi) is 14.6. The van der Waals surface area contributed by atoms with Crippen LogP contribution in [0.2, 0.25) is 0 Å². The van der Waals surface area contributed by atoms with Crippen molar-refractivity contribution in [2.75, 3.05) is 0 Å². The molecule has 0 aliphatic rings. The van der Waals surface area contributed by atoms with Gasteiger partial charge in [-0.3, -0.25) is 9.78 Å². The fraction of sp³-hybridized carbons (Fsp3) is 0.435. The van der Waals surface area contributed by atoms with Crippen molar-refractivity contribution in [1.29, 1.82) is 0 Å². The monoisotopic (exact) mass is 881 g/mol. The molecule has 1 N–H and O–H groups in total. The Morgan fingerprint density at radius 2 is 1.49 bits per heavy atom. The maximum Gasteiger partial charge on any atom is 0.164 e. The van der Waals surface area contributed by atoms with E-state index in [2.05, 4.69) is 107 Å². The first-order chi connectivity index (χ1) is 23.6. The SMILES string of the molecule is CC(C)Cc1cccc2c(-c3ccnc(-c4[c-]c5ccccc5c(C(C)(C)C)c4)c3)csc12.CCC(C)(CC)C(=O)/C=C(\O)C(C)(CC)CC.[Ir]. The number of aliphatic hydroxyl groups excluding tert-OH is 1. The number of ketones is 1. The summed E-state index contributed by atoms with van der Waals surface area (Å²) in [7, 11) is 0. The molecule has 0 spiro atoms. The molecule has 0 saturated heterocycles. The molecule has 5 aromatic rings. The number of carbonyl (C=O) groups is 1. The summed E-state index contributed by atoms with van der Waals surface area (Å²) in [6.07, 6.45) is 7.80. The van der Waals surface area contributed by atoms with Gasteiger partial charge in [-0.25, -0.2) is 0 Å². The van der Waals surface area contributed by atoms with Crippen LogP contribution < -0.4 is 0 Å². The first-order valence-electron chi connectivity index (χ1n) is 18.5. The summed E-state index contributed by atoms with van der Waals surface area (Å²) in [5.74, 6) is 0.933. The van der Waals surface area contributed by atoms with E-state index in [0.29, 0.717) is 5.92 Å². The van der Waals surface area contributed by atoms with Crippen molar-refractivity contribution in [1.82, 2.24) is 4.98 Å². The minimum Gasteiger partial charge on any atom is -0.512 e. The topological polar surface area (TPSA) is 50.2 Å². The molecule has 275 valence electrons. The van der Waals surface area contributed by atoms with E-state index < -0.39 is 0 Å². The third kappa shape index (κ3) is 9.66. The minimum absolute atomic E-state index is 0. The Morgan fingerprint density at radius 3 is 2.10 bits per heavy atom. The Bertz CT molecular complexity index is 1950. The van der Waals surface area contributed by atoms with Crippen LogP contribution in [0.25, 0.3) is 43.2 Å². The Balaban J connectivity index is 0.000000335. The summed E-state index contributed by atoms with van der Waals surface area (Å²) in [6, 6.07) is 25.6. The van der Waals surface area contributed by atoms with Crippen LogP contribution in [0, 0.1) is 22.8 Å². The summed E-state index contributed by atoms with van der Waals surface area (Å²) in [5.41, 5.74) is 6.75. The molecular formula is C46H58IrNO2S-. The number of aromatic nitrogens is 1. The van der Waals surface area contributed by atoms with Crippen LogP contribution >= 0.6 is 11.3 Å². The number of rotatable bonds is 11. The van der Waals surface area contributed by atoms with E-state index in [1.54, 1.807) is 0 Å². The number of aliphatic hydroxyl groups is 1. The van der Waals surface area contributed by atoms with E-state index >= 15 is 0 Å². The maximum atomic E-state index is 12.2. The van der Waals surface area contributed by atoms with Crippen LogP contribution in [0.5, 0.6) is 0 Å². The molecule has 0 amide bonds. The molecule has 0 bridgehead atoms. The van der Waals surface area contributed by atoms with E-state index in [1.807, 2.05) is 59.1 Å². The molecule has 5 rings (SSSR count). The van der Waals surface area contributed by atoms with Crippen molar-refractivity contribution in [2.24, 2.45) is 16.7 Å². The van der Waals surface area contributed by atoms with Gasteiger partial charge >= 0.3 is 0 Å². The van der Waals surface area contributed by atoms with Gasteiger partial charge in [-0.2, -0.15) is 0 Å². The van der Waals surface area contributed by atoms with Gasteiger partial charge in [-0.05, 0) is 71.6 Å². The third-order valence-corrected chi connectivity index (χ3v) is 11.9. The van der Waals surface area contributed by atoms with Gasteiger partial charge in [-0.1, -0.05) is 130 Å². The van der Waals surface area contributed by atoms with E-state index in [4.69, 9.17) is 4.98 Å². The molecular weight excluding hydrogens is 823 g/mol. The van der Waals surface area contributed by atoms with Gasteiger partial charge in [0.25, 0.3) is 0 Å². The average molecular weight is 881 g/mol. The van der Waals surface area contributed by atoms with Gasteiger partial charge in [0.1, 0.15) is 5.76 Å². The smallest absolute Gasteiger partial charge is 0.164 e. The zero-order chi connectivity index (χ0) is 36.9. The molecule has 2 heterocycles. The Labute approximate surface area is 325 Å². The number of fused-ring (bicyclic) bond motifs is 2. The van der Waals surface area contributed by atoms with Crippen molar-refractivity contribution in [3.63, 3.8) is 0 Å². The van der Waals surface area contributed by atoms with Gasteiger partial charge in [0.2, 0.25) is 0 Å². The van der Waals surface area contributed by atoms with Crippen molar-refractivity contribution in [3.05, 3.63) is 101 Å². The Hall–Kier alpha value is -3.11. The molecule has 3 nitrogen and oxygen atoms in total. The second-order valence-corrected chi connectivity index (χ2v) is 16.7. The third-order valence-electron chi connectivity index (χ3n) is 10.8. The molecule has 5 heteroatoms. The molecule has 0 atom stereocenters. The zero-order valence-electron chi connectivity index (χ0n) is 32.7. The molecule has 3 aromatic carbocycles. The van der Waals surface area contributed by atoms with Crippen LogP contribution in [0.15, 0.2) is 84.1 Å². The second kappa shape index (κ2) is 17.6. The van der Waals surface area contributed by atoms with Crippen LogP contribution in [0.1, 0.15) is 113 Å². The van der Waals surface area contributed by atoms with E-state index in [0.717, 1.165) is 48.7 Å². The van der Waals surface area contributed by atoms with Crippen LogP contribution in [0.4, 0.5) is 0 Å². The van der Waals surface area contributed by atoms with Gasteiger partial charge in [0.15, 0.2) is 5.78 Å². The van der Waals surface area contributed by atoms with Gasteiger partial charge in [0.05, 0.1) is 0 Å². The van der Waals surface area contributed by atoms with Crippen molar-refractivity contribution < 1.29 is 30.0 Å². The van der Waals surface area contributed by atoms with E-state index in [1.165, 1.54) is 43.8 Å². The summed E-state index contributed by atoms with van der Waals surface area (Å²) in [6.45, 7) is 23.5. The van der Waals surface area contributed by atoms with Crippen LogP contribution in [0.3, 0.4) is 0 Å². The van der Waals surface area contributed by atoms with Gasteiger partial charge in [-0.15, -0.1) is 40.5 Å². The molecule has 1 radical (unpaired) electrons. The molecule has 0 aliphatic carbocycles. The van der Waals surface area contributed by atoms with Gasteiger partial charge < -0.3 is 5.11 Å². The summed E-state index contributed by atoms with van der Waals surface area (Å²) in [5, 5.41) is 16.2. The number of benzene rings is 3. The molecule has 0 aliphatic heterocycles. The number of hydrogen-bond acceptors (Lipinski definition) is 4. The predicted octanol–water partition coefficient (Wildman–Crippen LogP) is 13.7. The number of thiophene rings is 1. The molecule has 0 unspecified atom stereocenters. The second-order valence-electron chi connectivity index (χ2n) is 15.8. The maximum absolute atomic E-state index is 12.2. The fourth-order valence-corrected chi connectivity index (χ4v) is 7.47. The number of carbonyl (C=O) groups excluding carboxylic acids is 1. The number of nitrogens with zero attached hydrogens (tertiary/aromatic N) is 1. The molecule has 0 saturated carbocycles. The number of hydrogen-bond donors (Lipinski definition) is 1. The van der Waals surface area contributed by atoms with Gasteiger partial charge in [0, 0.05) is 59.0 Å². The number of pyridine rings is 1. The minimum atomic E-state index is -0.337. The number of allylic oxidation sites excluding steroid dienone is 2. The molecule has 0 fully saturated rings. The normalized spacial score (nSPS) is 12.5. The first kappa shape index (κ1) is 42.3. The van der Waals surface area contributed by atoms with Crippen molar-refractivity contribution in [3.8, 4) is 22.4 Å². The summed E-state index contributed by atoms with van der Waals surface area (Å²) in [4.78, 5) is 16.9. The van der Waals surface area contributed by atoms with Crippen LogP contribution in [-0.2, 0) is 36.7 Å². The van der Waals surface area contributed by atoms with E-state index in [-0.39, 0.29) is 47.9 Å². The van der Waals surface area contributed by atoms with Crippen molar-refractivity contribution >= 4 is 38.0 Å². The van der Waals surface area contributed by atoms with Crippen LogP contribution in [-0.4, -0.2) is 15.9 Å². The first-order valence-corrected chi connectivity index (χ1v) is 19.4. The molecule has 51 heavy (non-hydrogen) atoms. The van der Waals surface area contributed by atoms with Crippen molar-refractivity contribution in [2.45, 2.75) is 114 Å². The predicted molar refractivity (Wildman–Crippen MR) is 217 cm³/mol. The summed E-state index contributed by atoms with van der Waals surface area (Å²) < 4.78 is 1.41. The largest absolute Gasteiger partial charge is 0.512 e. The fourth-order valence-electron chi connectivity index (χ4n) is 6.36. The summed E-state index contributed by atoms with van der Waals surface area (Å²) >= 11 is 1.86. The molecule has 2 aromatic heterocycles. The Morgan fingerprint density at radius 1 is 0.863 bits per heavy atom. The standard InChI is InChI=1S/C31H30NS.C15H28O2.Ir/c1-20(2)15-23-10-8-12-26-27(19-33-30(23)26)22-13-14-32-29(18-22)24-16-21-9-6-7-11-25(21)28(17-24)31(3,4)5;1-7-14(5,8-2)12(16)11-13(17)15(6,9-3)10-4;/h6-14,17-20H,15H2,1-5H3;11,16H,7-10H2,1-6H3;/q-1;;/b;12-11-;. The van der Waals surface area contributed by atoms with E-state index in [9.17, 15) is 9.90 Å². The quantitative estimate of drug-likeness (QED) is 0.0817.